The Labute approximate surface area is 107 Å². The zero-order valence-electron chi connectivity index (χ0n) is 10.5. The van der Waals surface area contributed by atoms with Crippen molar-refractivity contribution in [3.8, 4) is 5.75 Å². The Morgan fingerprint density at radius 1 is 1.22 bits per heavy atom. The topological polar surface area (TPSA) is 62.1 Å². The van der Waals surface area contributed by atoms with Gasteiger partial charge >= 0.3 is 0 Å². The zero-order valence-corrected chi connectivity index (χ0v) is 10.5. The smallest absolute Gasteiger partial charge is 0.124 e. The summed E-state index contributed by atoms with van der Waals surface area (Å²) in [6.07, 6.45) is 3.44. The fraction of sp³-hybridized carbons (Fsp3) is 0.500. The molecule has 1 aliphatic rings. The summed E-state index contributed by atoms with van der Waals surface area (Å²) in [6.45, 7) is 1.74. The Balaban J connectivity index is 2.01. The molecule has 0 amide bonds. The first-order valence-electron chi connectivity index (χ1n) is 6.34. The van der Waals surface area contributed by atoms with E-state index in [-0.39, 0.29) is 12.2 Å². The van der Waals surface area contributed by atoms with Crippen molar-refractivity contribution in [2.45, 2.75) is 44.8 Å². The molecule has 1 fully saturated rings. The lowest BCUT2D eigenvalue weighted by molar-refractivity contribution is 0.00687. The molecule has 0 aromatic heterocycles. The van der Waals surface area contributed by atoms with Crippen LogP contribution in [-0.2, 0) is 0 Å². The molecular formula is C14H19NO3. The van der Waals surface area contributed by atoms with Crippen LogP contribution in [0, 0.1) is 0 Å². The molecule has 1 saturated carbocycles. The van der Waals surface area contributed by atoms with Gasteiger partial charge in [0.2, 0.25) is 0 Å². The summed E-state index contributed by atoms with van der Waals surface area (Å²) < 4.78 is 5.78. The molecule has 18 heavy (non-hydrogen) atoms. The van der Waals surface area contributed by atoms with E-state index in [0.29, 0.717) is 5.71 Å². The highest BCUT2D eigenvalue weighted by Crippen LogP contribution is 2.24. The molecule has 1 aromatic carbocycles. The summed E-state index contributed by atoms with van der Waals surface area (Å²) in [6, 6.07) is 7.37. The minimum atomic E-state index is -0.362. The number of oxime groups is 1. The van der Waals surface area contributed by atoms with Crippen molar-refractivity contribution >= 4 is 5.71 Å². The summed E-state index contributed by atoms with van der Waals surface area (Å²) >= 11 is 0. The predicted octanol–water partition coefficient (Wildman–Crippen LogP) is 2.57. The average molecular weight is 249 g/mol. The quantitative estimate of drug-likeness (QED) is 0.491. The van der Waals surface area contributed by atoms with E-state index in [2.05, 4.69) is 5.16 Å². The van der Waals surface area contributed by atoms with E-state index in [4.69, 9.17) is 9.94 Å². The predicted molar refractivity (Wildman–Crippen MR) is 69.3 cm³/mol. The second-order valence-electron chi connectivity index (χ2n) is 4.72. The zero-order chi connectivity index (χ0) is 13.0. The fourth-order valence-electron chi connectivity index (χ4n) is 2.22. The van der Waals surface area contributed by atoms with Gasteiger partial charge in [-0.2, -0.15) is 0 Å². The highest BCUT2D eigenvalue weighted by atomic mass is 16.5. The van der Waals surface area contributed by atoms with Crippen LogP contribution in [0.15, 0.2) is 29.4 Å². The minimum absolute atomic E-state index is 0.0998. The lowest BCUT2D eigenvalue weighted by Crippen LogP contribution is -2.34. The molecule has 98 valence electrons. The van der Waals surface area contributed by atoms with Crippen LogP contribution in [0.2, 0.25) is 0 Å². The molecule has 2 unspecified atom stereocenters. The summed E-state index contributed by atoms with van der Waals surface area (Å²) in [4.78, 5) is 0. The Kier molecular flexibility index (Phi) is 4.20. The van der Waals surface area contributed by atoms with Gasteiger partial charge in [-0.1, -0.05) is 11.6 Å². The van der Waals surface area contributed by atoms with Crippen molar-refractivity contribution in [3.63, 3.8) is 0 Å². The van der Waals surface area contributed by atoms with Gasteiger partial charge < -0.3 is 15.1 Å². The maximum Gasteiger partial charge on any atom is 0.124 e. The lowest BCUT2D eigenvalue weighted by Gasteiger charge is -2.28. The van der Waals surface area contributed by atoms with Gasteiger partial charge in [-0.05, 0) is 56.0 Å². The number of benzene rings is 1. The highest BCUT2D eigenvalue weighted by Gasteiger charge is 2.24. The number of ether oxygens (including phenoxy) is 1. The minimum Gasteiger partial charge on any atom is -0.488 e. The number of hydrogen-bond donors (Lipinski definition) is 2. The molecule has 1 aromatic rings. The van der Waals surface area contributed by atoms with Crippen LogP contribution < -0.4 is 4.74 Å². The van der Waals surface area contributed by atoms with Crippen LogP contribution in [0.25, 0.3) is 0 Å². The monoisotopic (exact) mass is 249 g/mol. The van der Waals surface area contributed by atoms with Gasteiger partial charge in [0.05, 0.1) is 11.8 Å². The standard InChI is InChI=1S/C14H19NO3/c1-10(15-17)11-6-8-12(9-7-11)18-14-5-3-2-4-13(14)16/h6-9,13-14,16-17H,2-5H2,1H3/b15-10+. The van der Waals surface area contributed by atoms with Crippen LogP contribution in [0.1, 0.15) is 38.2 Å². The Morgan fingerprint density at radius 3 is 2.50 bits per heavy atom. The van der Waals surface area contributed by atoms with Crippen LogP contribution in [0.4, 0.5) is 0 Å². The third-order valence-corrected chi connectivity index (χ3v) is 3.38. The Bertz CT molecular complexity index is 414. The first kappa shape index (κ1) is 12.9. The number of rotatable bonds is 3. The summed E-state index contributed by atoms with van der Waals surface area (Å²) in [5, 5.41) is 21.7. The third-order valence-electron chi connectivity index (χ3n) is 3.38. The molecule has 2 atom stereocenters. The van der Waals surface area contributed by atoms with Crippen LogP contribution in [0.3, 0.4) is 0 Å². The SMILES string of the molecule is C/C(=N\O)c1ccc(OC2CCCCC2O)cc1. The van der Waals surface area contributed by atoms with Gasteiger partial charge in [0.1, 0.15) is 11.9 Å². The fourth-order valence-corrected chi connectivity index (χ4v) is 2.22. The first-order chi connectivity index (χ1) is 8.70. The molecule has 0 saturated heterocycles. The second kappa shape index (κ2) is 5.87. The van der Waals surface area contributed by atoms with Crippen LogP contribution in [-0.4, -0.2) is 28.2 Å². The molecule has 0 radical (unpaired) electrons. The number of aliphatic hydroxyl groups is 1. The maximum atomic E-state index is 9.83. The molecule has 2 rings (SSSR count). The average Bonchev–Trinajstić information content (AvgIpc) is 2.41. The van der Waals surface area contributed by atoms with Crippen molar-refractivity contribution in [1.29, 1.82) is 0 Å². The van der Waals surface area contributed by atoms with E-state index in [1.54, 1.807) is 6.92 Å². The normalized spacial score (nSPS) is 24.9. The van der Waals surface area contributed by atoms with Crippen molar-refractivity contribution in [1.82, 2.24) is 0 Å². The molecular weight excluding hydrogens is 230 g/mol. The third kappa shape index (κ3) is 3.01. The van der Waals surface area contributed by atoms with Gasteiger partial charge in [0.15, 0.2) is 0 Å². The van der Waals surface area contributed by atoms with Crippen LogP contribution in [0.5, 0.6) is 5.75 Å². The van der Waals surface area contributed by atoms with Crippen molar-refractivity contribution in [2.75, 3.05) is 0 Å². The first-order valence-corrected chi connectivity index (χ1v) is 6.34. The van der Waals surface area contributed by atoms with Crippen molar-refractivity contribution in [3.05, 3.63) is 29.8 Å². The molecule has 0 aliphatic heterocycles. The Hall–Kier alpha value is -1.55. The molecule has 4 heteroatoms. The maximum absolute atomic E-state index is 9.83. The molecule has 1 aliphatic carbocycles. The molecule has 0 bridgehead atoms. The van der Waals surface area contributed by atoms with Gasteiger partial charge in [0.25, 0.3) is 0 Å². The molecule has 0 heterocycles. The van der Waals surface area contributed by atoms with Crippen molar-refractivity contribution < 1.29 is 15.1 Å². The molecule has 0 spiro atoms. The van der Waals surface area contributed by atoms with E-state index < -0.39 is 0 Å². The van der Waals surface area contributed by atoms with E-state index in [0.717, 1.165) is 37.0 Å². The Morgan fingerprint density at radius 2 is 1.89 bits per heavy atom. The molecule has 2 N–H and O–H groups in total. The van der Waals surface area contributed by atoms with Gasteiger partial charge in [-0.15, -0.1) is 0 Å². The highest BCUT2D eigenvalue weighted by molar-refractivity contribution is 5.98. The number of nitrogens with zero attached hydrogens (tertiary/aromatic N) is 1. The molecule has 4 nitrogen and oxygen atoms in total. The van der Waals surface area contributed by atoms with Crippen LogP contribution >= 0.6 is 0 Å². The van der Waals surface area contributed by atoms with Crippen molar-refractivity contribution in [2.24, 2.45) is 5.16 Å². The second-order valence-corrected chi connectivity index (χ2v) is 4.72. The van der Waals surface area contributed by atoms with E-state index >= 15 is 0 Å². The van der Waals surface area contributed by atoms with Gasteiger partial charge in [0, 0.05) is 0 Å². The van der Waals surface area contributed by atoms with E-state index in [9.17, 15) is 5.11 Å². The van der Waals surface area contributed by atoms with E-state index in [1.165, 1.54) is 0 Å². The lowest BCUT2D eigenvalue weighted by atomic mass is 9.95. The van der Waals surface area contributed by atoms with Gasteiger partial charge in [-0.25, -0.2) is 0 Å². The van der Waals surface area contributed by atoms with Gasteiger partial charge in [-0.3, -0.25) is 0 Å². The number of hydrogen-bond acceptors (Lipinski definition) is 4. The van der Waals surface area contributed by atoms with E-state index in [1.807, 2.05) is 24.3 Å². The largest absolute Gasteiger partial charge is 0.488 e. The summed E-state index contributed by atoms with van der Waals surface area (Å²) in [7, 11) is 0. The summed E-state index contributed by atoms with van der Waals surface area (Å²) in [5.74, 6) is 0.746. The summed E-state index contributed by atoms with van der Waals surface area (Å²) in [5.41, 5.74) is 1.42. The number of aliphatic hydroxyl groups excluding tert-OH is 1.